The highest BCUT2D eigenvalue weighted by Gasteiger charge is 2.36. The molecule has 1 atom stereocenters. The molecule has 5 heteroatoms. The van der Waals surface area contributed by atoms with Crippen molar-refractivity contribution in [3.63, 3.8) is 0 Å². The quantitative estimate of drug-likeness (QED) is 0.666. The van der Waals surface area contributed by atoms with Gasteiger partial charge in [-0.25, -0.2) is 4.79 Å². The molecule has 0 saturated heterocycles. The number of nitriles is 1. The van der Waals surface area contributed by atoms with Gasteiger partial charge in [0.2, 0.25) is 5.88 Å². The van der Waals surface area contributed by atoms with Crippen LogP contribution in [0, 0.1) is 32.1 Å². The Morgan fingerprint density at radius 3 is 2.48 bits per heavy atom. The van der Waals surface area contributed by atoms with E-state index < -0.39 is 11.5 Å². The molecular weight excluding hydrogens is 340 g/mol. The van der Waals surface area contributed by atoms with Gasteiger partial charge in [-0.2, -0.15) is 5.26 Å². The molecule has 0 saturated carbocycles. The van der Waals surface area contributed by atoms with Crippen LogP contribution >= 0.6 is 0 Å². The van der Waals surface area contributed by atoms with Crippen molar-refractivity contribution < 1.29 is 9.15 Å². The lowest BCUT2D eigenvalue weighted by Gasteiger charge is -2.26. The minimum atomic E-state index is -0.624. The van der Waals surface area contributed by atoms with Crippen molar-refractivity contribution in [1.29, 1.82) is 5.26 Å². The van der Waals surface area contributed by atoms with Gasteiger partial charge in [0.1, 0.15) is 17.2 Å². The minimum absolute atomic E-state index is 0.0170. The highest BCUT2D eigenvalue weighted by molar-refractivity contribution is 5.91. The van der Waals surface area contributed by atoms with Gasteiger partial charge in [-0.15, -0.1) is 0 Å². The third-order valence-corrected chi connectivity index (χ3v) is 5.18. The zero-order valence-electron chi connectivity index (χ0n) is 15.3. The van der Waals surface area contributed by atoms with Crippen molar-refractivity contribution in [1.82, 2.24) is 0 Å². The van der Waals surface area contributed by atoms with Gasteiger partial charge in [0, 0.05) is 0 Å². The number of ether oxygens (including phenoxy) is 1. The molecule has 0 spiro atoms. The molecule has 1 unspecified atom stereocenters. The summed E-state index contributed by atoms with van der Waals surface area (Å²) in [7, 11) is 0. The van der Waals surface area contributed by atoms with Crippen molar-refractivity contribution in [2.24, 2.45) is 5.73 Å². The first-order valence-electron chi connectivity index (χ1n) is 8.64. The van der Waals surface area contributed by atoms with Crippen molar-refractivity contribution in [2.45, 2.75) is 26.7 Å². The summed E-state index contributed by atoms with van der Waals surface area (Å²) in [5.74, 6) is -0.225. The molecule has 134 valence electrons. The fraction of sp³-hybridized carbons (Fsp3) is 0.182. The Labute approximate surface area is 156 Å². The van der Waals surface area contributed by atoms with Gasteiger partial charge >= 0.3 is 5.63 Å². The van der Waals surface area contributed by atoms with Crippen molar-refractivity contribution in [2.75, 3.05) is 0 Å². The molecule has 1 aliphatic rings. The number of allylic oxidation sites excluding steroid dienone is 1. The second kappa shape index (κ2) is 6.03. The summed E-state index contributed by atoms with van der Waals surface area (Å²) in [6, 6.07) is 13.4. The predicted molar refractivity (Wildman–Crippen MR) is 102 cm³/mol. The van der Waals surface area contributed by atoms with E-state index in [2.05, 4.69) is 6.07 Å². The molecular formula is C22H18N2O3. The highest BCUT2D eigenvalue weighted by Crippen LogP contribution is 2.45. The van der Waals surface area contributed by atoms with Gasteiger partial charge in [0.25, 0.3) is 0 Å². The minimum Gasteiger partial charge on any atom is -0.439 e. The number of nitrogens with two attached hydrogens (primary N) is 1. The van der Waals surface area contributed by atoms with E-state index in [9.17, 15) is 10.1 Å². The summed E-state index contributed by atoms with van der Waals surface area (Å²) < 4.78 is 11.6. The van der Waals surface area contributed by atoms with Gasteiger partial charge in [-0.1, -0.05) is 36.4 Å². The first kappa shape index (κ1) is 16.9. The van der Waals surface area contributed by atoms with Crippen LogP contribution in [-0.4, -0.2) is 0 Å². The number of benzene rings is 2. The standard InChI is InChI=1S/C22H18N2O3/c1-11-9-12(2)16-19(13(11)3)27-22(25)18-17(14-7-5-4-6-8-14)15(10-23)21(24)26-20(16)18/h4-9,17H,24H2,1-3H3. The third kappa shape index (κ3) is 2.42. The molecule has 2 aromatic carbocycles. The lowest BCUT2D eigenvalue weighted by atomic mass is 9.83. The van der Waals surface area contributed by atoms with Crippen LogP contribution in [0.5, 0.6) is 5.75 Å². The number of hydrogen-bond donors (Lipinski definition) is 1. The van der Waals surface area contributed by atoms with E-state index >= 15 is 0 Å². The molecule has 5 nitrogen and oxygen atoms in total. The van der Waals surface area contributed by atoms with E-state index in [4.69, 9.17) is 14.9 Å². The van der Waals surface area contributed by atoms with Crippen molar-refractivity contribution >= 4 is 11.0 Å². The molecule has 0 bridgehead atoms. The topological polar surface area (TPSA) is 89.2 Å². The van der Waals surface area contributed by atoms with E-state index in [1.54, 1.807) is 0 Å². The molecule has 0 aliphatic carbocycles. The highest BCUT2D eigenvalue weighted by atomic mass is 16.5. The molecule has 2 N–H and O–H groups in total. The second-order valence-electron chi connectivity index (χ2n) is 6.81. The van der Waals surface area contributed by atoms with Crippen molar-refractivity contribution in [3.05, 3.63) is 86.1 Å². The number of hydrogen-bond acceptors (Lipinski definition) is 5. The van der Waals surface area contributed by atoms with Crippen LogP contribution in [0.15, 0.2) is 57.1 Å². The Kier molecular flexibility index (Phi) is 3.78. The number of fused-ring (bicyclic) bond motifs is 3. The fourth-order valence-corrected chi connectivity index (χ4v) is 3.74. The van der Waals surface area contributed by atoms with Crippen LogP contribution in [0.2, 0.25) is 0 Å². The maximum atomic E-state index is 13.0. The number of rotatable bonds is 1. The number of nitrogens with zero attached hydrogens (tertiary/aromatic N) is 1. The molecule has 1 aromatic heterocycles. The van der Waals surface area contributed by atoms with Crippen LogP contribution in [0.1, 0.15) is 33.7 Å². The van der Waals surface area contributed by atoms with Crippen LogP contribution < -0.4 is 16.1 Å². The normalized spacial score (nSPS) is 16.0. The van der Waals surface area contributed by atoms with Gasteiger partial charge in [0.05, 0.1) is 16.9 Å². The molecule has 0 radical (unpaired) electrons. The average Bonchev–Trinajstić information content (AvgIpc) is 2.65. The molecule has 2 heterocycles. The largest absolute Gasteiger partial charge is 0.439 e. The second-order valence-corrected chi connectivity index (χ2v) is 6.81. The third-order valence-electron chi connectivity index (χ3n) is 5.18. The van der Waals surface area contributed by atoms with Gasteiger partial charge in [-0.05, 0) is 43.0 Å². The Balaban J connectivity index is 2.16. The Bertz CT molecular complexity index is 1210. The molecule has 0 fully saturated rings. The Morgan fingerprint density at radius 2 is 1.81 bits per heavy atom. The van der Waals surface area contributed by atoms with Gasteiger partial charge in [0.15, 0.2) is 5.75 Å². The Morgan fingerprint density at radius 1 is 1.11 bits per heavy atom. The van der Waals surface area contributed by atoms with E-state index in [0.717, 1.165) is 22.3 Å². The maximum Gasteiger partial charge on any atom is 0.344 e. The van der Waals surface area contributed by atoms with Crippen LogP contribution in [0.25, 0.3) is 11.0 Å². The summed E-state index contributed by atoms with van der Waals surface area (Å²) in [6.45, 7) is 5.82. The predicted octanol–water partition coefficient (Wildman–Crippen LogP) is 3.94. The SMILES string of the molecule is Cc1cc(C)c2c3c(c(=O)oc2c1C)C(c1ccccc1)C(C#N)=C(N)O3. The van der Waals surface area contributed by atoms with Crippen molar-refractivity contribution in [3.8, 4) is 11.8 Å². The van der Waals surface area contributed by atoms with E-state index in [0.29, 0.717) is 22.3 Å². The summed E-state index contributed by atoms with van der Waals surface area (Å²) in [4.78, 5) is 13.0. The van der Waals surface area contributed by atoms with E-state index in [1.807, 2.05) is 57.2 Å². The first-order chi connectivity index (χ1) is 12.9. The molecule has 27 heavy (non-hydrogen) atoms. The monoisotopic (exact) mass is 358 g/mol. The smallest absolute Gasteiger partial charge is 0.344 e. The lowest BCUT2D eigenvalue weighted by molar-refractivity contribution is 0.388. The first-order valence-corrected chi connectivity index (χ1v) is 8.64. The van der Waals surface area contributed by atoms with E-state index in [-0.39, 0.29) is 11.5 Å². The zero-order valence-corrected chi connectivity index (χ0v) is 15.3. The van der Waals surface area contributed by atoms with Gasteiger partial charge < -0.3 is 14.9 Å². The fourth-order valence-electron chi connectivity index (χ4n) is 3.74. The van der Waals surface area contributed by atoms with E-state index in [1.165, 1.54) is 0 Å². The average molecular weight is 358 g/mol. The Hall–Kier alpha value is -3.52. The zero-order chi connectivity index (χ0) is 19.3. The molecule has 1 aliphatic heterocycles. The summed E-state index contributed by atoms with van der Waals surface area (Å²) >= 11 is 0. The molecule has 4 rings (SSSR count). The summed E-state index contributed by atoms with van der Waals surface area (Å²) in [5.41, 5.74) is 10.2. The summed E-state index contributed by atoms with van der Waals surface area (Å²) in [6.07, 6.45) is 0. The molecule has 0 amide bonds. The lowest BCUT2D eigenvalue weighted by Crippen LogP contribution is -2.26. The maximum absolute atomic E-state index is 13.0. The van der Waals surface area contributed by atoms with Gasteiger partial charge in [-0.3, -0.25) is 0 Å². The van der Waals surface area contributed by atoms with Crippen LogP contribution in [0.4, 0.5) is 0 Å². The number of aryl methyl sites for hydroxylation is 3. The van der Waals surface area contributed by atoms with Crippen LogP contribution in [-0.2, 0) is 0 Å². The van der Waals surface area contributed by atoms with Crippen LogP contribution in [0.3, 0.4) is 0 Å². The molecule has 3 aromatic rings. The summed E-state index contributed by atoms with van der Waals surface area (Å²) in [5, 5.41) is 10.4.